The lowest BCUT2D eigenvalue weighted by atomic mass is 9.94. The molecule has 0 aliphatic heterocycles. The molecule has 0 bridgehead atoms. The number of benzene rings is 2. The molecule has 2 heterocycles. The molecule has 4 aromatic rings. The number of carbonyl (C=O) groups excluding carboxylic acids is 2. The number of hydrogen-bond acceptors (Lipinski definition) is 6. The highest BCUT2D eigenvalue weighted by atomic mass is 35.5. The zero-order valence-corrected chi connectivity index (χ0v) is 23.8. The minimum absolute atomic E-state index is 0.0565. The molecule has 0 saturated carbocycles. The molecule has 43 heavy (non-hydrogen) atoms. The number of rotatable bonds is 8. The van der Waals surface area contributed by atoms with Gasteiger partial charge in [-0.2, -0.15) is 13.2 Å². The standard InChI is InChI=1S/C28H21Cl2F5N4O4/c1-3-43-24-16(25(36)40)9-19(39-23(24)15-4-5-18(31)21(32)20(15)30)27(42,28(33,34)35)11-38-26(41)14-7-13-6-12(2)10-37-22(13)17(29)8-14/h4-10,42H,3,11H2,1-2H3,(H2,36,40)(H,38,41)/t27-/m0/s1. The third kappa shape index (κ3) is 6.05. The van der Waals surface area contributed by atoms with Crippen molar-refractivity contribution in [3.05, 3.63) is 86.7 Å². The van der Waals surface area contributed by atoms with E-state index in [0.717, 1.165) is 11.6 Å². The zero-order valence-electron chi connectivity index (χ0n) is 22.2. The molecule has 0 fully saturated rings. The van der Waals surface area contributed by atoms with Gasteiger partial charge in [0.1, 0.15) is 5.69 Å². The first kappa shape index (κ1) is 31.9. The number of primary amides is 1. The summed E-state index contributed by atoms with van der Waals surface area (Å²) in [7, 11) is 0. The number of ether oxygens (including phenoxy) is 1. The van der Waals surface area contributed by atoms with Gasteiger partial charge in [0.15, 0.2) is 17.4 Å². The number of aromatic nitrogens is 2. The van der Waals surface area contributed by atoms with Crippen LogP contribution in [0.15, 0.2) is 42.6 Å². The van der Waals surface area contributed by atoms with Crippen molar-refractivity contribution in [2.75, 3.05) is 13.2 Å². The highest BCUT2D eigenvalue weighted by Gasteiger charge is 2.57. The van der Waals surface area contributed by atoms with E-state index in [1.807, 2.05) is 5.32 Å². The van der Waals surface area contributed by atoms with Crippen molar-refractivity contribution in [1.29, 1.82) is 0 Å². The quantitative estimate of drug-likeness (QED) is 0.163. The lowest BCUT2D eigenvalue weighted by Gasteiger charge is -2.31. The van der Waals surface area contributed by atoms with E-state index >= 15 is 0 Å². The van der Waals surface area contributed by atoms with Crippen LogP contribution in [0, 0.1) is 18.6 Å². The van der Waals surface area contributed by atoms with Crippen LogP contribution in [0.1, 0.15) is 38.9 Å². The molecular weight excluding hydrogens is 622 g/mol. The van der Waals surface area contributed by atoms with Crippen molar-refractivity contribution in [3.63, 3.8) is 0 Å². The number of pyridine rings is 2. The second kappa shape index (κ2) is 11.9. The average Bonchev–Trinajstić information content (AvgIpc) is 2.93. The summed E-state index contributed by atoms with van der Waals surface area (Å²) in [4.78, 5) is 33.3. The van der Waals surface area contributed by atoms with Gasteiger partial charge in [-0.1, -0.05) is 23.2 Å². The Labute approximate surface area is 250 Å². The molecule has 2 aromatic heterocycles. The summed E-state index contributed by atoms with van der Waals surface area (Å²) in [6.45, 7) is 1.55. The second-order valence-electron chi connectivity index (χ2n) is 9.34. The largest absolute Gasteiger partial charge is 0.491 e. The lowest BCUT2D eigenvalue weighted by Crippen LogP contribution is -2.51. The number of aryl methyl sites for hydroxylation is 1. The molecule has 226 valence electrons. The van der Waals surface area contributed by atoms with E-state index in [-0.39, 0.29) is 17.2 Å². The highest BCUT2D eigenvalue weighted by molar-refractivity contribution is 6.35. The number of halogens is 7. The predicted molar refractivity (Wildman–Crippen MR) is 148 cm³/mol. The third-order valence-corrected chi connectivity index (χ3v) is 7.01. The van der Waals surface area contributed by atoms with Crippen molar-refractivity contribution in [2.45, 2.75) is 25.6 Å². The number of aliphatic hydroxyl groups is 1. The molecule has 0 spiro atoms. The fraction of sp³-hybridized carbons (Fsp3) is 0.214. The monoisotopic (exact) mass is 642 g/mol. The average molecular weight is 643 g/mol. The molecule has 8 nitrogen and oxygen atoms in total. The molecule has 1 atom stereocenters. The number of fused-ring (bicyclic) bond motifs is 1. The summed E-state index contributed by atoms with van der Waals surface area (Å²) in [6.07, 6.45) is -3.96. The van der Waals surface area contributed by atoms with Gasteiger partial charge in [-0.25, -0.2) is 13.8 Å². The maximum absolute atomic E-state index is 14.5. The molecule has 2 amide bonds. The van der Waals surface area contributed by atoms with Crippen molar-refractivity contribution >= 4 is 45.9 Å². The number of nitrogens with two attached hydrogens (primary N) is 1. The zero-order chi connectivity index (χ0) is 31.9. The van der Waals surface area contributed by atoms with E-state index in [4.69, 9.17) is 33.7 Å². The Morgan fingerprint density at radius 1 is 1.12 bits per heavy atom. The Bertz CT molecular complexity index is 1770. The highest BCUT2D eigenvalue weighted by Crippen LogP contribution is 2.43. The topological polar surface area (TPSA) is 127 Å². The van der Waals surface area contributed by atoms with Gasteiger partial charge >= 0.3 is 6.18 Å². The second-order valence-corrected chi connectivity index (χ2v) is 10.1. The van der Waals surface area contributed by atoms with Gasteiger partial charge in [0.2, 0.25) is 5.60 Å². The van der Waals surface area contributed by atoms with Crippen LogP contribution < -0.4 is 15.8 Å². The summed E-state index contributed by atoms with van der Waals surface area (Å²) in [6, 6.07) is 6.27. The summed E-state index contributed by atoms with van der Waals surface area (Å²) in [5.41, 5.74) is -0.574. The summed E-state index contributed by atoms with van der Waals surface area (Å²) < 4.78 is 77.1. The Morgan fingerprint density at radius 2 is 1.81 bits per heavy atom. The number of carbonyl (C=O) groups is 2. The molecule has 2 aromatic carbocycles. The Kier molecular flexibility index (Phi) is 8.82. The fourth-order valence-electron chi connectivity index (χ4n) is 4.20. The van der Waals surface area contributed by atoms with Crippen molar-refractivity contribution < 1.29 is 41.4 Å². The van der Waals surface area contributed by atoms with E-state index in [1.54, 1.807) is 19.2 Å². The number of nitrogens with zero attached hydrogens (tertiary/aromatic N) is 2. The van der Waals surface area contributed by atoms with Crippen LogP contribution in [0.4, 0.5) is 22.0 Å². The number of alkyl halides is 3. The van der Waals surface area contributed by atoms with E-state index in [0.29, 0.717) is 23.0 Å². The predicted octanol–water partition coefficient (Wildman–Crippen LogP) is 5.87. The van der Waals surface area contributed by atoms with Gasteiger partial charge < -0.3 is 20.9 Å². The fourth-order valence-corrected chi connectivity index (χ4v) is 4.72. The van der Waals surface area contributed by atoms with E-state index in [1.165, 1.54) is 19.1 Å². The number of nitrogens with one attached hydrogen (secondary N) is 1. The van der Waals surface area contributed by atoms with Crippen LogP contribution in [-0.2, 0) is 5.60 Å². The first-order valence-corrected chi connectivity index (χ1v) is 13.1. The molecule has 4 N–H and O–H groups in total. The maximum atomic E-state index is 14.5. The molecule has 4 rings (SSSR count). The molecule has 0 unspecified atom stereocenters. The van der Waals surface area contributed by atoms with Crippen LogP contribution in [0.25, 0.3) is 22.2 Å². The molecule has 0 aliphatic carbocycles. The summed E-state index contributed by atoms with van der Waals surface area (Å²) in [5.74, 6) is -5.75. The van der Waals surface area contributed by atoms with Crippen molar-refractivity contribution in [1.82, 2.24) is 15.3 Å². The van der Waals surface area contributed by atoms with Gasteiger partial charge in [-0.3, -0.25) is 14.6 Å². The lowest BCUT2D eigenvalue weighted by molar-refractivity contribution is -0.265. The van der Waals surface area contributed by atoms with E-state index < -0.39 is 75.1 Å². The molecule has 0 aliphatic rings. The Balaban J connectivity index is 1.84. The molecular formula is C28H21Cl2F5N4O4. The van der Waals surface area contributed by atoms with E-state index in [9.17, 15) is 36.6 Å². The van der Waals surface area contributed by atoms with Crippen LogP contribution in [-0.4, -0.2) is 46.2 Å². The first-order valence-electron chi connectivity index (χ1n) is 12.3. The Morgan fingerprint density at radius 3 is 2.44 bits per heavy atom. The van der Waals surface area contributed by atoms with Crippen LogP contribution in [0.3, 0.4) is 0 Å². The minimum Gasteiger partial charge on any atom is -0.491 e. The molecule has 0 saturated heterocycles. The summed E-state index contributed by atoms with van der Waals surface area (Å²) >= 11 is 12.2. The molecule has 0 radical (unpaired) electrons. The number of hydrogen-bond donors (Lipinski definition) is 3. The van der Waals surface area contributed by atoms with Gasteiger partial charge in [-0.05, 0) is 55.8 Å². The van der Waals surface area contributed by atoms with Crippen LogP contribution >= 0.6 is 23.2 Å². The minimum atomic E-state index is -5.51. The maximum Gasteiger partial charge on any atom is 0.424 e. The SMILES string of the molecule is CCOc1c(C(N)=O)cc([C@@](O)(CNC(=O)c2cc(Cl)c3ncc(C)cc3c2)C(F)(F)F)nc1-c1ccc(F)c(F)c1Cl. The summed E-state index contributed by atoms with van der Waals surface area (Å²) in [5, 5.41) is 12.7. The van der Waals surface area contributed by atoms with Gasteiger partial charge in [0, 0.05) is 22.7 Å². The third-order valence-electron chi connectivity index (χ3n) is 6.35. The van der Waals surface area contributed by atoms with E-state index in [2.05, 4.69) is 9.97 Å². The first-order chi connectivity index (χ1) is 20.1. The normalized spacial score (nSPS) is 13.1. The van der Waals surface area contributed by atoms with Crippen LogP contribution in [0.2, 0.25) is 10.0 Å². The van der Waals surface area contributed by atoms with Gasteiger partial charge in [-0.15, -0.1) is 0 Å². The van der Waals surface area contributed by atoms with Gasteiger partial charge in [0.05, 0.1) is 40.0 Å². The van der Waals surface area contributed by atoms with Crippen LogP contribution in [0.5, 0.6) is 5.75 Å². The van der Waals surface area contributed by atoms with Crippen molar-refractivity contribution in [2.24, 2.45) is 5.73 Å². The Hall–Kier alpha value is -4.07. The number of amides is 2. The smallest absolute Gasteiger partial charge is 0.424 e. The molecule has 15 heteroatoms. The van der Waals surface area contributed by atoms with Crippen molar-refractivity contribution in [3.8, 4) is 17.0 Å². The van der Waals surface area contributed by atoms with Gasteiger partial charge in [0.25, 0.3) is 11.8 Å².